The van der Waals surface area contributed by atoms with Crippen LogP contribution in [0.1, 0.15) is 18.1 Å². The third kappa shape index (κ3) is 4.17. The van der Waals surface area contributed by atoms with E-state index in [1.807, 2.05) is 12.1 Å². The Bertz CT molecular complexity index is 989. The molecule has 0 aromatic heterocycles. The van der Waals surface area contributed by atoms with E-state index >= 15 is 0 Å². The van der Waals surface area contributed by atoms with E-state index in [1.165, 1.54) is 15.9 Å². The molecule has 0 saturated carbocycles. The molecule has 1 atom stereocenters. The average Bonchev–Trinajstić information content (AvgIpc) is 2.78. The molecule has 0 aliphatic rings. The highest BCUT2D eigenvalue weighted by Gasteiger charge is 2.50. The zero-order valence-electron chi connectivity index (χ0n) is 16.6. The van der Waals surface area contributed by atoms with Gasteiger partial charge in [-0.15, -0.1) is 0 Å². The van der Waals surface area contributed by atoms with Gasteiger partial charge in [-0.2, -0.15) is 0 Å². The molecule has 0 saturated heterocycles. The van der Waals surface area contributed by atoms with Gasteiger partial charge in [0, 0.05) is 0 Å². The van der Waals surface area contributed by atoms with Crippen molar-refractivity contribution in [3.63, 3.8) is 0 Å². The molecule has 0 spiro atoms. The van der Waals surface area contributed by atoms with Gasteiger partial charge in [-0.1, -0.05) is 60.7 Å². The summed E-state index contributed by atoms with van der Waals surface area (Å²) in [6, 6.07) is 37.7. The molecule has 0 heterocycles. The van der Waals surface area contributed by atoms with E-state index in [2.05, 4.69) is 114 Å². The van der Waals surface area contributed by atoms with Crippen molar-refractivity contribution in [1.82, 2.24) is 0 Å². The van der Waals surface area contributed by atoms with E-state index in [0.29, 0.717) is 4.47 Å². The molecule has 0 nitrogen and oxygen atoms in total. The van der Waals surface area contributed by atoms with Crippen LogP contribution >= 0.6 is 23.2 Å². The average molecular weight is 544 g/mol. The van der Waals surface area contributed by atoms with Gasteiger partial charge in [-0.25, -0.2) is 4.39 Å². The van der Waals surface area contributed by atoms with Crippen LogP contribution in [0.4, 0.5) is 4.39 Å². The normalized spacial score (nSPS) is 12.1. The van der Waals surface area contributed by atoms with Crippen LogP contribution in [0, 0.1) is 5.82 Å². The molecule has 0 aliphatic heterocycles. The monoisotopic (exact) mass is 542 g/mol. The highest BCUT2D eigenvalue weighted by atomic mass is 79.9. The molecule has 0 bridgehead atoms. The lowest BCUT2D eigenvalue weighted by atomic mass is 10.2. The minimum atomic E-state index is -2.04. The zero-order chi connectivity index (χ0) is 20.3. The Hall–Kier alpha value is -1.80. The molecule has 4 aromatic rings. The van der Waals surface area contributed by atoms with E-state index in [9.17, 15) is 4.39 Å². The molecule has 0 aliphatic carbocycles. The van der Waals surface area contributed by atoms with Crippen LogP contribution in [-0.4, -0.2) is 0 Å². The van der Waals surface area contributed by atoms with Crippen LogP contribution < -0.4 is 32.9 Å². The summed E-state index contributed by atoms with van der Waals surface area (Å²) < 4.78 is 14.5. The third-order valence-corrected chi connectivity index (χ3v) is 10.9. The predicted molar refractivity (Wildman–Crippen MR) is 128 cm³/mol. The minimum absolute atomic E-state index is 0. The third-order valence-electron chi connectivity index (χ3n) is 5.50. The largest absolute Gasteiger partial charge is 1.00 e. The van der Waals surface area contributed by atoms with Crippen molar-refractivity contribution in [1.29, 1.82) is 0 Å². The van der Waals surface area contributed by atoms with Crippen LogP contribution in [-0.2, 0) is 0 Å². The summed E-state index contributed by atoms with van der Waals surface area (Å²) in [5.74, 6) is -0.232. The second-order valence-corrected chi connectivity index (χ2v) is 11.7. The van der Waals surface area contributed by atoms with E-state index in [4.69, 9.17) is 0 Å². The predicted octanol–water partition coefficient (Wildman–Crippen LogP) is 3.65. The summed E-state index contributed by atoms with van der Waals surface area (Å²) in [5.41, 5.74) is 1.30. The fraction of sp³-hybridized carbons (Fsp3) is 0.0769. The summed E-state index contributed by atoms with van der Waals surface area (Å²) in [4.78, 5) is 0. The first-order valence-electron chi connectivity index (χ1n) is 9.64. The summed E-state index contributed by atoms with van der Waals surface area (Å²) in [6.45, 7) is 2.28. The molecule has 0 fully saturated rings. The van der Waals surface area contributed by atoms with Gasteiger partial charge < -0.3 is 17.0 Å². The van der Waals surface area contributed by atoms with Gasteiger partial charge in [0.15, 0.2) is 0 Å². The Morgan fingerprint density at radius 1 is 0.667 bits per heavy atom. The van der Waals surface area contributed by atoms with E-state index in [0.717, 1.165) is 5.56 Å². The van der Waals surface area contributed by atoms with Crippen molar-refractivity contribution in [3.05, 3.63) is 125 Å². The Labute approximate surface area is 197 Å². The maximum atomic E-state index is 14.0. The van der Waals surface area contributed by atoms with E-state index in [-0.39, 0.29) is 28.5 Å². The summed E-state index contributed by atoms with van der Waals surface area (Å²) in [5, 5.41) is 3.97. The highest BCUT2D eigenvalue weighted by Crippen LogP contribution is 2.66. The van der Waals surface area contributed by atoms with Crippen LogP contribution in [0.15, 0.2) is 114 Å². The molecule has 0 N–H and O–H groups in total. The molecular weight excluding hydrogens is 522 g/mol. The Balaban J connectivity index is 0.00000256. The molecule has 152 valence electrons. The molecular formula is C26H22Br2FP. The van der Waals surface area contributed by atoms with Gasteiger partial charge in [-0.05, 0) is 76.9 Å². The van der Waals surface area contributed by atoms with Gasteiger partial charge in [-0.3, -0.25) is 0 Å². The van der Waals surface area contributed by atoms with Crippen molar-refractivity contribution in [2.75, 3.05) is 0 Å². The molecule has 4 heteroatoms. The topological polar surface area (TPSA) is 0 Å². The van der Waals surface area contributed by atoms with Crippen molar-refractivity contribution in [2.24, 2.45) is 0 Å². The summed E-state index contributed by atoms with van der Waals surface area (Å²) >= 11 is 3.39. The first kappa shape index (κ1) is 22.9. The summed E-state index contributed by atoms with van der Waals surface area (Å²) in [6.07, 6.45) is 0. The maximum absolute atomic E-state index is 14.0. The molecule has 0 radical (unpaired) electrons. The molecule has 4 aromatic carbocycles. The zero-order valence-corrected chi connectivity index (χ0v) is 20.6. The fourth-order valence-corrected chi connectivity index (χ4v) is 9.27. The van der Waals surface area contributed by atoms with Crippen LogP contribution in [0.3, 0.4) is 0 Å². The second-order valence-electron chi connectivity index (χ2n) is 7.08. The summed E-state index contributed by atoms with van der Waals surface area (Å²) in [7, 11) is -2.04. The first-order valence-corrected chi connectivity index (χ1v) is 12.3. The van der Waals surface area contributed by atoms with Gasteiger partial charge in [0.05, 0.1) is 4.47 Å². The standard InChI is InChI=1S/C26H22BrFP.BrH/c1-20(21-17-18-26(28)25(27)19-21)29(22-11-5-2-6-12-22,23-13-7-3-8-14-23)24-15-9-4-10-16-24;/h2-20H,1H3;1H/q+1;/p-1. The van der Waals surface area contributed by atoms with Crippen molar-refractivity contribution in [2.45, 2.75) is 12.6 Å². The van der Waals surface area contributed by atoms with E-state index < -0.39 is 7.26 Å². The lowest BCUT2D eigenvalue weighted by Gasteiger charge is -2.33. The van der Waals surface area contributed by atoms with Crippen LogP contribution in [0.2, 0.25) is 0 Å². The van der Waals surface area contributed by atoms with Crippen molar-refractivity contribution < 1.29 is 21.4 Å². The van der Waals surface area contributed by atoms with Gasteiger partial charge in [0.1, 0.15) is 34.7 Å². The molecule has 1 unspecified atom stereocenters. The number of hydrogen-bond donors (Lipinski definition) is 0. The van der Waals surface area contributed by atoms with Crippen molar-refractivity contribution in [3.8, 4) is 0 Å². The Morgan fingerprint density at radius 3 is 1.43 bits per heavy atom. The Morgan fingerprint density at radius 2 is 1.07 bits per heavy atom. The number of hydrogen-bond acceptors (Lipinski definition) is 0. The van der Waals surface area contributed by atoms with Crippen molar-refractivity contribution >= 4 is 39.1 Å². The SMILES string of the molecule is CC(c1ccc(F)c(Br)c1)[P+](c1ccccc1)(c1ccccc1)c1ccccc1.[Br-]. The smallest absolute Gasteiger partial charge is 0.137 e. The fourth-order valence-electron chi connectivity index (χ4n) is 4.10. The molecule has 0 amide bonds. The van der Waals surface area contributed by atoms with E-state index in [1.54, 1.807) is 6.07 Å². The minimum Gasteiger partial charge on any atom is -1.00 e. The van der Waals surface area contributed by atoms with Crippen LogP contribution in [0.5, 0.6) is 0 Å². The quantitative estimate of drug-likeness (QED) is 0.337. The van der Waals surface area contributed by atoms with Gasteiger partial charge >= 0.3 is 0 Å². The number of rotatable bonds is 5. The first-order chi connectivity index (χ1) is 14.1. The lowest BCUT2D eigenvalue weighted by Crippen LogP contribution is -3.00. The second kappa shape index (κ2) is 10.0. The lowest BCUT2D eigenvalue weighted by molar-refractivity contribution is -0.00000612. The number of benzene rings is 4. The Kier molecular flexibility index (Phi) is 7.63. The molecule has 4 rings (SSSR count). The van der Waals surface area contributed by atoms with Crippen LogP contribution in [0.25, 0.3) is 0 Å². The highest BCUT2D eigenvalue weighted by molar-refractivity contribution is 9.10. The maximum Gasteiger partial charge on any atom is 0.137 e. The molecule has 30 heavy (non-hydrogen) atoms. The van der Waals surface area contributed by atoms with Gasteiger partial charge in [0.25, 0.3) is 0 Å². The number of halogens is 3. The van der Waals surface area contributed by atoms with Gasteiger partial charge in [0.2, 0.25) is 0 Å².